The second-order valence-electron chi connectivity index (χ2n) is 10.7. The second kappa shape index (κ2) is 7.56. The average molecular weight is 424 g/mol. The first kappa shape index (κ1) is 20.2. The van der Waals surface area contributed by atoms with Crippen molar-refractivity contribution < 1.29 is 5.11 Å². The second-order valence-corrected chi connectivity index (χ2v) is 10.7. The summed E-state index contributed by atoms with van der Waals surface area (Å²) in [5.41, 5.74) is 9.43. The van der Waals surface area contributed by atoms with E-state index in [1.807, 2.05) is 12.3 Å². The van der Waals surface area contributed by atoms with Crippen LogP contribution in [0.25, 0.3) is 22.4 Å². The Hall–Kier alpha value is -2.45. The van der Waals surface area contributed by atoms with Crippen LogP contribution in [-0.2, 0) is 6.42 Å². The minimum Gasteiger partial charge on any atom is -0.393 e. The van der Waals surface area contributed by atoms with Gasteiger partial charge in [0.25, 0.3) is 0 Å². The molecule has 2 fully saturated rings. The van der Waals surface area contributed by atoms with Crippen molar-refractivity contribution in [1.82, 2.24) is 4.98 Å². The van der Waals surface area contributed by atoms with Crippen LogP contribution < -0.4 is 0 Å². The molecule has 2 aromatic carbocycles. The summed E-state index contributed by atoms with van der Waals surface area (Å²) in [5, 5.41) is 10.7. The number of nitrogens with zero attached hydrogens (tertiary/aromatic N) is 1. The molecule has 2 nitrogen and oxygen atoms in total. The molecule has 2 heteroatoms. The third kappa shape index (κ3) is 2.99. The van der Waals surface area contributed by atoms with Crippen LogP contribution in [0.4, 0.5) is 0 Å². The van der Waals surface area contributed by atoms with Gasteiger partial charge in [0, 0.05) is 11.8 Å². The molecule has 3 aliphatic carbocycles. The van der Waals surface area contributed by atoms with E-state index in [0.717, 1.165) is 24.5 Å². The van der Waals surface area contributed by atoms with Gasteiger partial charge in [0.05, 0.1) is 11.8 Å². The number of fused-ring (bicyclic) bond motifs is 5. The summed E-state index contributed by atoms with van der Waals surface area (Å²) < 4.78 is 0. The van der Waals surface area contributed by atoms with E-state index >= 15 is 0 Å². The summed E-state index contributed by atoms with van der Waals surface area (Å²) in [5.74, 6) is 2.10. The Morgan fingerprint density at radius 1 is 0.969 bits per heavy atom. The highest BCUT2D eigenvalue weighted by molar-refractivity contribution is 5.84. The van der Waals surface area contributed by atoms with Crippen molar-refractivity contribution in [2.24, 2.45) is 17.3 Å². The molecule has 0 saturated heterocycles. The summed E-state index contributed by atoms with van der Waals surface area (Å²) in [6.07, 6.45) is 8.84. The first-order valence-electron chi connectivity index (χ1n) is 12.4. The Morgan fingerprint density at radius 3 is 2.72 bits per heavy atom. The molecule has 6 rings (SSSR count). The zero-order valence-corrected chi connectivity index (χ0v) is 19.2. The Kier molecular flexibility index (Phi) is 4.76. The highest BCUT2D eigenvalue weighted by Crippen LogP contribution is 2.61. The number of benzene rings is 2. The molecule has 1 heterocycles. The number of aliphatic hydroxyl groups is 1. The molecule has 1 aromatic heterocycles. The number of aromatic nitrogens is 1. The maximum absolute atomic E-state index is 10.7. The van der Waals surface area contributed by atoms with Crippen molar-refractivity contribution in [3.8, 4) is 22.4 Å². The quantitative estimate of drug-likeness (QED) is 0.484. The number of pyridine rings is 1. The lowest BCUT2D eigenvalue weighted by molar-refractivity contribution is -0.0226. The average Bonchev–Trinajstić information content (AvgIpc) is 3.13. The first-order valence-corrected chi connectivity index (χ1v) is 12.4. The molecule has 0 spiro atoms. The predicted octanol–water partition coefficient (Wildman–Crippen LogP) is 6.94. The number of hydrogen-bond donors (Lipinski definition) is 1. The molecule has 0 radical (unpaired) electrons. The molecule has 5 atom stereocenters. The Morgan fingerprint density at radius 2 is 1.88 bits per heavy atom. The zero-order valence-electron chi connectivity index (χ0n) is 19.2. The van der Waals surface area contributed by atoms with Gasteiger partial charge in [0.2, 0.25) is 0 Å². The minimum atomic E-state index is -0.0939. The van der Waals surface area contributed by atoms with Gasteiger partial charge in [-0.2, -0.15) is 0 Å². The minimum absolute atomic E-state index is 0.0939. The largest absolute Gasteiger partial charge is 0.393 e. The normalized spacial score (nSPS) is 31.0. The van der Waals surface area contributed by atoms with Crippen LogP contribution in [0, 0.1) is 24.2 Å². The highest BCUT2D eigenvalue weighted by atomic mass is 16.3. The van der Waals surface area contributed by atoms with E-state index in [-0.39, 0.29) is 11.5 Å². The van der Waals surface area contributed by atoms with Gasteiger partial charge in [-0.05, 0) is 109 Å². The van der Waals surface area contributed by atoms with Crippen molar-refractivity contribution in [3.63, 3.8) is 0 Å². The number of rotatable bonds is 2. The summed E-state index contributed by atoms with van der Waals surface area (Å²) in [6, 6.07) is 20.0. The topological polar surface area (TPSA) is 33.1 Å². The smallest absolute Gasteiger partial charge is 0.0710 e. The SMILES string of the molecule is Cc1cccc(-c2ccc3c(c2)CC[C@@H]2[C@@H]3CC[C@]3(C)[C@@H](O)CC[C@@H]23)c1-c1ccccn1. The predicted molar refractivity (Wildman–Crippen MR) is 130 cm³/mol. The fourth-order valence-corrected chi connectivity index (χ4v) is 7.48. The van der Waals surface area contributed by atoms with E-state index in [1.165, 1.54) is 47.9 Å². The molecule has 0 amide bonds. The van der Waals surface area contributed by atoms with Gasteiger partial charge in [0.15, 0.2) is 0 Å². The van der Waals surface area contributed by atoms with E-state index in [4.69, 9.17) is 0 Å². The number of hydrogen-bond acceptors (Lipinski definition) is 2. The van der Waals surface area contributed by atoms with Crippen molar-refractivity contribution >= 4 is 0 Å². The number of aliphatic hydroxyl groups excluding tert-OH is 1. The van der Waals surface area contributed by atoms with Crippen LogP contribution in [0.1, 0.15) is 61.6 Å². The fraction of sp³-hybridized carbons (Fsp3) is 0.433. The van der Waals surface area contributed by atoms with Gasteiger partial charge < -0.3 is 5.11 Å². The van der Waals surface area contributed by atoms with Crippen LogP contribution in [0.15, 0.2) is 60.8 Å². The lowest BCUT2D eigenvalue weighted by atomic mass is 9.55. The number of aryl methyl sites for hydroxylation is 2. The molecule has 3 aliphatic rings. The van der Waals surface area contributed by atoms with E-state index in [1.54, 1.807) is 11.1 Å². The zero-order chi connectivity index (χ0) is 21.9. The van der Waals surface area contributed by atoms with E-state index in [2.05, 4.69) is 67.4 Å². The standard InChI is InChI=1S/C30H33NO/c1-19-6-5-7-23(29(19)27-8-3-4-17-31-27)21-9-11-22-20(18-21)10-12-25-24(22)15-16-30(2)26(25)13-14-28(30)32/h3-9,11,17-18,24-26,28,32H,10,12-16H2,1-2H3/t24-,25-,26+,28+,30+/m1/s1. The Balaban J connectivity index is 1.38. The van der Waals surface area contributed by atoms with Crippen molar-refractivity contribution in [3.05, 3.63) is 77.5 Å². The lowest BCUT2D eigenvalue weighted by Crippen LogP contribution is -2.43. The fourth-order valence-electron chi connectivity index (χ4n) is 7.48. The van der Waals surface area contributed by atoms with E-state index in [9.17, 15) is 5.11 Å². The van der Waals surface area contributed by atoms with Crippen LogP contribution in [0.5, 0.6) is 0 Å². The summed E-state index contributed by atoms with van der Waals surface area (Å²) in [4.78, 5) is 4.66. The van der Waals surface area contributed by atoms with E-state index < -0.39 is 0 Å². The Labute approximate surface area is 191 Å². The highest BCUT2D eigenvalue weighted by Gasteiger charge is 2.54. The molecular weight excluding hydrogens is 390 g/mol. The molecule has 0 bridgehead atoms. The van der Waals surface area contributed by atoms with Crippen LogP contribution in [0.3, 0.4) is 0 Å². The maximum Gasteiger partial charge on any atom is 0.0710 e. The van der Waals surface area contributed by atoms with Gasteiger partial charge in [-0.1, -0.05) is 49.4 Å². The van der Waals surface area contributed by atoms with Gasteiger partial charge in [0.1, 0.15) is 0 Å². The van der Waals surface area contributed by atoms with Gasteiger partial charge in [-0.3, -0.25) is 4.98 Å². The van der Waals surface area contributed by atoms with Crippen molar-refractivity contribution in [1.29, 1.82) is 0 Å². The van der Waals surface area contributed by atoms with Crippen molar-refractivity contribution in [2.75, 3.05) is 0 Å². The van der Waals surface area contributed by atoms with Gasteiger partial charge >= 0.3 is 0 Å². The van der Waals surface area contributed by atoms with Gasteiger partial charge in [-0.15, -0.1) is 0 Å². The molecule has 2 saturated carbocycles. The molecule has 164 valence electrons. The Bertz CT molecular complexity index is 1150. The van der Waals surface area contributed by atoms with E-state index in [0.29, 0.717) is 11.8 Å². The molecular formula is C30H33NO. The molecule has 1 N–H and O–H groups in total. The molecule has 0 aliphatic heterocycles. The molecule has 32 heavy (non-hydrogen) atoms. The van der Waals surface area contributed by atoms with Gasteiger partial charge in [-0.25, -0.2) is 0 Å². The summed E-state index contributed by atoms with van der Waals surface area (Å²) in [6.45, 7) is 4.55. The summed E-state index contributed by atoms with van der Waals surface area (Å²) in [7, 11) is 0. The van der Waals surface area contributed by atoms with Crippen LogP contribution in [0.2, 0.25) is 0 Å². The third-order valence-corrected chi connectivity index (χ3v) is 9.18. The first-order chi connectivity index (χ1) is 15.6. The molecule has 0 unspecified atom stereocenters. The maximum atomic E-state index is 10.7. The lowest BCUT2D eigenvalue weighted by Gasteiger charge is -2.50. The third-order valence-electron chi connectivity index (χ3n) is 9.18. The van der Waals surface area contributed by atoms with Crippen LogP contribution in [-0.4, -0.2) is 16.2 Å². The van der Waals surface area contributed by atoms with Crippen molar-refractivity contribution in [2.45, 2.75) is 64.4 Å². The van der Waals surface area contributed by atoms with Crippen LogP contribution >= 0.6 is 0 Å². The molecule has 3 aromatic rings. The monoisotopic (exact) mass is 423 g/mol. The summed E-state index contributed by atoms with van der Waals surface area (Å²) >= 11 is 0.